The van der Waals surface area contributed by atoms with E-state index < -0.39 is 0 Å². The van der Waals surface area contributed by atoms with Crippen molar-refractivity contribution in [2.75, 3.05) is 12.3 Å². The highest BCUT2D eigenvalue weighted by Gasteiger charge is 2.30. The fourth-order valence-corrected chi connectivity index (χ4v) is 2.81. The Hall–Kier alpha value is -0.960. The van der Waals surface area contributed by atoms with Crippen LogP contribution in [0, 0.1) is 0 Å². The summed E-state index contributed by atoms with van der Waals surface area (Å²) in [5, 5.41) is 0. The third-order valence-corrected chi connectivity index (χ3v) is 3.97. The van der Waals surface area contributed by atoms with Crippen molar-refractivity contribution in [2.45, 2.75) is 31.6 Å². The summed E-state index contributed by atoms with van der Waals surface area (Å²) in [6.07, 6.45) is 2.39. The molecule has 1 aromatic carbocycles. The highest BCUT2D eigenvalue weighted by molar-refractivity contribution is 7.99. The van der Waals surface area contributed by atoms with Gasteiger partial charge in [0.15, 0.2) is 0 Å². The first-order chi connectivity index (χ1) is 8.31. The van der Waals surface area contributed by atoms with E-state index in [2.05, 4.69) is 19.1 Å². The first kappa shape index (κ1) is 12.5. The molecule has 0 spiro atoms. The van der Waals surface area contributed by atoms with Crippen molar-refractivity contribution in [2.24, 2.45) is 0 Å². The summed E-state index contributed by atoms with van der Waals surface area (Å²) in [5.74, 6) is 1.84. The largest absolute Gasteiger partial charge is 0.339 e. The van der Waals surface area contributed by atoms with Crippen molar-refractivity contribution in [3.8, 4) is 0 Å². The second kappa shape index (κ2) is 6.10. The van der Waals surface area contributed by atoms with Crippen molar-refractivity contribution in [3.63, 3.8) is 0 Å². The molecular weight excluding hydrogens is 230 g/mol. The zero-order valence-electron chi connectivity index (χ0n) is 10.3. The first-order valence-electron chi connectivity index (χ1n) is 6.22. The SMILES string of the molecule is CCN(C(=O)CSCc1ccccc1)C1CC1. The van der Waals surface area contributed by atoms with Crippen LogP contribution in [0.25, 0.3) is 0 Å². The topological polar surface area (TPSA) is 20.3 Å². The molecule has 0 bridgehead atoms. The summed E-state index contributed by atoms with van der Waals surface area (Å²) in [6.45, 7) is 2.92. The molecule has 3 heteroatoms. The van der Waals surface area contributed by atoms with Gasteiger partial charge in [0.05, 0.1) is 5.75 Å². The average Bonchev–Trinajstić information content (AvgIpc) is 3.16. The molecule has 17 heavy (non-hydrogen) atoms. The second-order valence-electron chi connectivity index (χ2n) is 4.39. The summed E-state index contributed by atoms with van der Waals surface area (Å²) in [4.78, 5) is 14.0. The van der Waals surface area contributed by atoms with Gasteiger partial charge in [-0.25, -0.2) is 0 Å². The average molecular weight is 249 g/mol. The Morgan fingerprint density at radius 2 is 2.06 bits per heavy atom. The van der Waals surface area contributed by atoms with E-state index in [4.69, 9.17) is 0 Å². The van der Waals surface area contributed by atoms with Crippen molar-refractivity contribution in [1.82, 2.24) is 4.90 Å². The molecule has 92 valence electrons. The van der Waals surface area contributed by atoms with Crippen LogP contribution in [0.5, 0.6) is 0 Å². The molecule has 0 saturated heterocycles. The van der Waals surface area contributed by atoms with Gasteiger partial charge >= 0.3 is 0 Å². The highest BCUT2D eigenvalue weighted by Crippen LogP contribution is 2.27. The molecule has 0 unspecified atom stereocenters. The fourth-order valence-electron chi connectivity index (χ4n) is 1.94. The fraction of sp³-hybridized carbons (Fsp3) is 0.500. The van der Waals surface area contributed by atoms with E-state index in [1.54, 1.807) is 11.8 Å². The lowest BCUT2D eigenvalue weighted by Gasteiger charge is -2.19. The van der Waals surface area contributed by atoms with Crippen LogP contribution in [0.3, 0.4) is 0 Å². The van der Waals surface area contributed by atoms with Gasteiger partial charge in [0.2, 0.25) is 5.91 Å². The molecule has 2 rings (SSSR count). The maximum Gasteiger partial charge on any atom is 0.232 e. The van der Waals surface area contributed by atoms with Crippen LogP contribution in [0.15, 0.2) is 30.3 Å². The van der Waals surface area contributed by atoms with Gasteiger partial charge in [0.25, 0.3) is 0 Å². The van der Waals surface area contributed by atoms with Gasteiger partial charge in [-0.15, -0.1) is 11.8 Å². The van der Waals surface area contributed by atoms with Crippen LogP contribution < -0.4 is 0 Å². The zero-order valence-corrected chi connectivity index (χ0v) is 11.1. The van der Waals surface area contributed by atoms with Crippen LogP contribution in [-0.4, -0.2) is 29.1 Å². The van der Waals surface area contributed by atoms with E-state index in [0.29, 0.717) is 17.7 Å². The van der Waals surface area contributed by atoms with E-state index >= 15 is 0 Å². The van der Waals surface area contributed by atoms with E-state index in [1.165, 1.54) is 18.4 Å². The minimum atomic E-state index is 0.302. The second-order valence-corrected chi connectivity index (χ2v) is 5.37. The summed E-state index contributed by atoms with van der Waals surface area (Å²) in [6, 6.07) is 10.9. The van der Waals surface area contributed by atoms with Crippen molar-refractivity contribution in [1.29, 1.82) is 0 Å². The Kier molecular flexibility index (Phi) is 4.49. The van der Waals surface area contributed by atoms with Crippen LogP contribution in [0.4, 0.5) is 0 Å². The number of rotatable bonds is 6. The summed E-state index contributed by atoms with van der Waals surface area (Å²) in [7, 11) is 0. The summed E-state index contributed by atoms with van der Waals surface area (Å²) in [5.41, 5.74) is 1.29. The van der Waals surface area contributed by atoms with E-state index in [1.807, 2.05) is 23.1 Å². The smallest absolute Gasteiger partial charge is 0.232 e. The lowest BCUT2D eigenvalue weighted by Crippen LogP contribution is -2.34. The lowest BCUT2D eigenvalue weighted by molar-refractivity contribution is -0.128. The number of amides is 1. The number of carbonyl (C=O) groups is 1. The predicted molar refractivity (Wildman–Crippen MR) is 73.0 cm³/mol. The van der Waals surface area contributed by atoms with E-state index in [-0.39, 0.29) is 0 Å². The van der Waals surface area contributed by atoms with Crippen LogP contribution in [0.1, 0.15) is 25.3 Å². The molecule has 2 nitrogen and oxygen atoms in total. The Morgan fingerprint density at radius 3 is 2.65 bits per heavy atom. The Morgan fingerprint density at radius 1 is 1.35 bits per heavy atom. The number of benzene rings is 1. The molecule has 0 N–H and O–H groups in total. The number of thioether (sulfide) groups is 1. The highest BCUT2D eigenvalue weighted by atomic mass is 32.2. The maximum absolute atomic E-state index is 12.0. The molecule has 0 heterocycles. The maximum atomic E-state index is 12.0. The van der Waals surface area contributed by atoms with Gasteiger partial charge in [0, 0.05) is 18.3 Å². The van der Waals surface area contributed by atoms with Crippen LogP contribution in [0.2, 0.25) is 0 Å². The van der Waals surface area contributed by atoms with Gasteiger partial charge in [-0.2, -0.15) is 0 Å². The number of carbonyl (C=O) groups excluding carboxylic acids is 1. The molecule has 0 aliphatic heterocycles. The van der Waals surface area contributed by atoms with Gasteiger partial charge in [-0.3, -0.25) is 4.79 Å². The molecule has 1 aromatic rings. The third kappa shape index (κ3) is 3.77. The van der Waals surface area contributed by atoms with Crippen molar-refractivity contribution >= 4 is 17.7 Å². The minimum absolute atomic E-state index is 0.302. The van der Waals surface area contributed by atoms with Gasteiger partial charge < -0.3 is 4.90 Å². The molecular formula is C14H19NOS. The molecule has 1 aliphatic carbocycles. The van der Waals surface area contributed by atoms with Crippen molar-refractivity contribution in [3.05, 3.63) is 35.9 Å². The van der Waals surface area contributed by atoms with Gasteiger partial charge in [0.1, 0.15) is 0 Å². The molecule has 0 radical (unpaired) electrons. The summed E-state index contributed by atoms with van der Waals surface area (Å²) >= 11 is 1.71. The number of hydrogen-bond acceptors (Lipinski definition) is 2. The molecule has 1 amide bonds. The minimum Gasteiger partial charge on any atom is -0.339 e. The lowest BCUT2D eigenvalue weighted by atomic mass is 10.2. The zero-order chi connectivity index (χ0) is 12.1. The van der Waals surface area contributed by atoms with Crippen LogP contribution in [-0.2, 0) is 10.5 Å². The number of nitrogens with zero attached hydrogens (tertiary/aromatic N) is 1. The third-order valence-electron chi connectivity index (χ3n) is 2.99. The van der Waals surface area contributed by atoms with Gasteiger partial charge in [-0.1, -0.05) is 30.3 Å². The van der Waals surface area contributed by atoms with Gasteiger partial charge in [-0.05, 0) is 25.3 Å². The van der Waals surface area contributed by atoms with E-state index in [0.717, 1.165) is 12.3 Å². The van der Waals surface area contributed by atoms with Crippen molar-refractivity contribution < 1.29 is 4.79 Å². The first-order valence-corrected chi connectivity index (χ1v) is 7.38. The molecule has 1 aliphatic rings. The monoisotopic (exact) mass is 249 g/mol. The van der Waals surface area contributed by atoms with Crippen LogP contribution >= 0.6 is 11.8 Å². The molecule has 1 saturated carbocycles. The molecule has 0 aromatic heterocycles. The Bertz CT molecular complexity index is 362. The molecule has 1 fully saturated rings. The summed E-state index contributed by atoms with van der Waals surface area (Å²) < 4.78 is 0. The molecule has 0 atom stereocenters. The Balaban J connectivity index is 1.72. The quantitative estimate of drug-likeness (QED) is 0.772. The van der Waals surface area contributed by atoms with E-state index in [9.17, 15) is 4.79 Å². The normalized spacial score (nSPS) is 14.6. The Labute approximate surface area is 107 Å². The number of hydrogen-bond donors (Lipinski definition) is 0. The standard InChI is InChI=1S/C14H19NOS/c1-2-15(13-8-9-13)14(16)11-17-10-12-6-4-3-5-7-12/h3-7,13H,2,8-11H2,1H3. The predicted octanol–water partition coefficient (Wildman–Crippen LogP) is 2.93.